The average molecular weight is 440 g/mol. The second-order valence-electron chi connectivity index (χ2n) is 6.60. The van der Waals surface area contributed by atoms with Crippen LogP contribution in [0.2, 0.25) is 10.0 Å². The minimum absolute atomic E-state index is 0.0221. The first-order chi connectivity index (χ1) is 14.4. The van der Waals surface area contributed by atoms with Crippen molar-refractivity contribution in [2.24, 2.45) is 0 Å². The van der Waals surface area contributed by atoms with Gasteiger partial charge in [-0.1, -0.05) is 59.6 Å². The van der Waals surface area contributed by atoms with E-state index in [9.17, 15) is 14.7 Å². The van der Waals surface area contributed by atoms with E-state index in [1.165, 1.54) is 19.2 Å². The molecule has 4 aromatic rings. The molecule has 0 aliphatic carbocycles. The summed E-state index contributed by atoms with van der Waals surface area (Å²) in [5, 5.41) is 13.3. The Balaban J connectivity index is 1.84. The highest BCUT2D eigenvalue weighted by Crippen LogP contribution is 2.40. The summed E-state index contributed by atoms with van der Waals surface area (Å²) in [6, 6.07) is 17.8. The third kappa shape index (κ3) is 3.43. The van der Waals surface area contributed by atoms with E-state index in [-0.39, 0.29) is 32.7 Å². The molecule has 4 aromatic carbocycles. The highest BCUT2D eigenvalue weighted by Gasteiger charge is 2.26. The molecule has 0 fully saturated rings. The maximum absolute atomic E-state index is 12.5. The van der Waals surface area contributed by atoms with Crippen molar-refractivity contribution >= 4 is 34.6 Å². The van der Waals surface area contributed by atoms with Gasteiger partial charge in [-0.25, -0.2) is 0 Å². The van der Waals surface area contributed by atoms with E-state index < -0.39 is 10.9 Å². The largest absolute Gasteiger partial charge is 0.504 e. The first-order valence-electron chi connectivity index (χ1n) is 8.93. The van der Waals surface area contributed by atoms with E-state index in [1.54, 1.807) is 12.1 Å². The molecule has 150 valence electrons. The maximum atomic E-state index is 12.5. The van der Waals surface area contributed by atoms with Gasteiger partial charge in [-0.3, -0.25) is 9.59 Å². The molecule has 0 aromatic heterocycles. The van der Waals surface area contributed by atoms with Crippen molar-refractivity contribution in [3.8, 4) is 33.8 Å². The highest BCUT2D eigenvalue weighted by molar-refractivity contribution is 6.36. The van der Waals surface area contributed by atoms with Crippen LogP contribution in [-0.2, 0) is 0 Å². The molecule has 0 spiro atoms. The van der Waals surface area contributed by atoms with Crippen LogP contribution >= 0.6 is 23.2 Å². The Morgan fingerprint density at radius 2 is 1.63 bits per heavy atom. The maximum Gasteiger partial charge on any atom is 0.250 e. The molecular weight excluding hydrogens is 425 g/mol. The Hall–Kier alpha value is -3.28. The van der Waals surface area contributed by atoms with Crippen LogP contribution in [0.4, 0.5) is 11.4 Å². The normalized spacial score (nSPS) is 10.9. The van der Waals surface area contributed by atoms with E-state index >= 15 is 0 Å². The molecule has 5 nitrogen and oxygen atoms in total. The lowest BCUT2D eigenvalue weighted by Crippen LogP contribution is -2.35. The van der Waals surface area contributed by atoms with Crippen LogP contribution in [0.25, 0.3) is 22.3 Å². The van der Waals surface area contributed by atoms with E-state index in [4.69, 9.17) is 27.9 Å². The molecule has 0 heterocycles. The summed E-state index contributed by atoms with van der Waals surface area (Å²) in [5.41, 5.74) is 1.27. The van der Waals surface area contributed by atoms with Crippen LogP contribution in [0.5, 0.6) is 11.5 Å². The Kier molecular flexibility index (Phi) is 5.24. The Bertz CT molecular complexity index is 1330. The summed E-state index contributed by atoms with van der Waals surface area (Å²) in [6.45, 7) is 0. The topological polar surface area (TPSA) is 75.6 Å². The molecule has 0 aliphatic rings. The fourth-order valence-electron chi connectivity index (χ4n) is 3.28. The summed E-state index contributed by atoms with van der Waals surface area (Å²) >= 11 is 12.0. The highest BCUT2D eigenvalue weighted by atomic mass is 35.5. The van der Waals surface area contributed by atoms with Gasteiger partial charge >= 0.3 is 0 Å². The average Bonchev–Trinajstić information content (AvgIpc) is 2.76. The van der Waals surface area contributed by atoms with Crippen molar-refractivity contribution < 1.29 is 9.84 Å². The number of nitrogens with one attached hydrogen (secondary N) is 1. The van der Waals surface area contributed by atoms with Crippen LogP contribution in [0, 0.1) is 0 Å². The fraction of sp³-hybridized carbons (Fsp3) is 0.0435. The number of benzene rings is 3. The lowest BCUT2D eigenvalue weighted by atomic mass is 9.94. The van der Waals surface area contributed by atoms with Gasteiger partial charge in [-0.15, -0.1) is 0 Å². The van der Waals surface area contributed by atoms with Crippen molar-refractivity contribution in [2.45, 2.75) is 0 Å². The van der Waals surface area contributed by atoms with Gasteiger partial charge in [0.15, 0.2) is 5.75 Å². The predicted molar refractivity (Wildman–Crippen MR) is 120 cm³/mol. The second kappa shape index (κ2) is 7.86. The van der Waals surface area contributed by atoms with Crippen LogP contribution in [0.15, 0.2) is 70.3 Å². The summed E-state index contributed by atoms with van der Waals surface area (Å²) in [6.07, 6.45) is 0. The number of rotatable bonds is 5. The predicted octanol–water partition coefficient (Wildman–Crippen LogP) is 5.38. The van der Waals surface area contributed by atoms with Gasteiger partial charge in [0.05, 0.1) is 23.4 Å². The van der Waals surface area contributed by atoms with Crippen LogP contribution < -0.4 is 20.9 Å². The Morgan fingerprint density at radius 3 is 2.33 bits per heavy atom. The van der Waals surface area contributed by atoms with Crippen molar-refractivity contribution in [3.63, 3.8) is 0 Å². The fourth-order valence-corrected chi connectivity index (χ4v) is 3.77. The molecular formula is C23H15Cl2NO4. The molecule has 0 bridgehead atoms. The first kappa shape index (κ1) is 20.0. The molecule has 4 rings (SSSR count). The van der Waals surface area contributed by atoms with E-state index in [2.05, 4.69) is 5.32 Å². The van der Waals surface area contributed by atoms with Gasteiger partial charge in [-0.2, -0.15) is 0 Å². The number of halogens is 2. The number of phenols is 1. The summed E-state index contributed by atoms with van der Waals surface area (Å²) in [5.74, 6) is 0.170. The number of ether oxygens (including phenoxy) is 1. The van der Waals surface area contributed by atoms with E-state index in [1.807, 2.05) is 36.4 Å². The zero-order valence-corrected chi connectivity index (χ0v) is 17.2. The van der Waals surface area contributed by atoms with Crippen molar-refractivity contribution in [1.29, 1.82) is 0 Å². The van der Waals surface area contributed by atoms with Gasteiger partial charge in [-0.05, 0) is 35.4 Å². The molecule has 0 amide bonds. The SMILES string of the molecule is COc1ccc(-c2ccccc2)cc1-c1c(Nc2cc(Cl)cc(Cl)c2O)c(=O)c1=O. The number of methoxy groups -OCH3 is 1. The number of phenolic OH excluding ortho intramolecular Hbond substituents is 1. The van der Waals surface area contributed by atoms with Gasteiger partial charge in [0.1, 0.15) is 11.4 Å². The zero-order valence-electron chi connectivity index (χ0n) is 15.7. The molecule has 0 saturated heterocycles. The second-order valence-corrected chi connectivity index (χ2v) is 7.44. The molecule has 0 radical (unpaired) electrons. The summed E-state index contributed by atoms with van der Waals surface area (Å²) in [4.78, 5) is 24.8. The number of aromatic hydroxyl groups is 1. The summed E-state index contributed by atoms with van der Waals surface area (Å²) in [7, 11) is 1.49. The standard InChI is InChI=1S/C23H15Cl2NO4/c1-30-18-8-7-13(12-5-3-2-4-6-12)9-15(18)19-20(23(29)22(19)28)26-17-11-14(24)10-16(25)21(17)27/h2-11,26-27H,1H3. The minimum Gasteiger partial charge on any atom is -0.504 e. The molecule has 0 saturated carbocycles. The third-order valence-corrected chi connectivity index (χ3v) is 5.28. The number of hydrogen-bond acceptors (Lipinski definition) is 5. The molecule has 2 N–H and O–H groups in total. The monoisotopic (exact) mass is 439 g/mol. The van der Waals surface area contributed by atoms with Gasteiger partial charge < -0.3 is 15.2 Å². The zero-order chi connectivity index (χ0) is 21.4. The van der Waals surface area contributed by atoms with Gasteiger partial charge in [0.25, 0.3) is 5.43 Å². The van der Waals surface area contributed by atoms with Crippen molar-refractivity contribution in [2.75, 3.05) is 12.4 Å². The number of hydrogen-bond donors (Lipinski definition) is 2. The van der Waals surface area contributed by atoms with Crippen LogP contribution in [0.3, 0.4) is 0 Å². The smallest absolute Gasteiger partial charge is 0.250 e. The molecule has 30 heavy (non-hydrogen) atoms. The van der Waals surface area contributed by atoms with Gasteiger partial charge in [0, 0.05) is 10.6 Å². The van der Waals surface area contributed by atoms with Crippen molar-refractivity contribution in [1.82, 2.24) is 0 Å². The quantitative estimate of drug-likeness (QED) is 0.322. The summed E-state index contributed by atoms with van der Waals surface area (Å²) < 4.78 is 5.42. The molecule has 0 atom stereocenters. The first-order valence-corrected chi connectivity index (χ1v) is 9.68. The Labute approximate surface area is 181 Å². The van der Waals surface area contributed by atoms with Crippen LogP contribution in [-0.4, -0.2) is 12.2 Å². The minimum atomic E-state index is -0.701. The van der Waals surface area contributed by atoms with Crippen molar-refractivity contribution in [3.05, 3.63) is 91.2 Å². The molecule has 0 unspecified atom stereocenters. The molecule has 7 heteroatoms. The third-order valence-electron chi connectivity index (χ3n) is 4.77. The Morgan fingerprint density at radius 1 is 0.900 bits per heavy atom. The lowest BCUT2D eigenvalue weighted by molar-refractivity contribution is 0.416. The lowest BCUT2D eigenvalue weighted by Gasteiger charge is -2.18. The van der Waals surface area contributed by atoms with Crippen LogP contribution in [0.1, 0.15) is 0 Å². The van der Waals surface area contributed by atoms with E-state index in [0.717, 1.165) is 11.1 Å². The number of anilines is 2. The van der Waals surface area contributed by atoms with Gasteiger partial charge in [0.2, 0.25) is 5.43 Å². The van der Waals surface area contributed by atoms with E-state index in [0.29, 0.717) is 11.3 Å². The molecule has 0 aliphatic heterocycles.